The third kappa shape index (κ3) is 2.52. The number of nitrogens with two attached hydrogens (primary N) is 1. The molecule has 16 heavy (non-hydrogen) atoms. The standard InChI is InChI=1S/C11H20N2O3/c1-7(2)9(12)10(14)13-6-4-5-8(13)11(15)16-3/h7-9H,4-6,12H2,1-3H3/t8-,9-/m1/s1. The van der Waals surface area contributed by atoms with E-state index >= 15 is 0 Å². The lowest BCUT2D eigenvalue weighted by atomic mass is 10.0. The van der Waals surface area contributed by atoms with Crippen LogP contribution in [0.15, 0.2) is 0 Å². The van der Waals surface area contributed by atoms with Crippen molar-refractivity contribution in [3.05, 3.63) is 0 Å². The monoisotopic (exact) mass is 228 g/mol. The Bertz CT molecular complexity index is 278. The Labute approximate surface area is 95.9 Å². The summed E-state index contributed by atoms with van der Waals surface area (Å²) >= 11 is 0. The molecule has 0 unspecified atom stereocenters. The molecule has 0 radical (unpaired) electrons. The first-order chi connectivity index (χ1) is 7.49. The molecule has 0 aliphatic carbocycles. The van der Waals surface area contributed by atoms with Gasteiger partial charge in [-0.15, -0.1) is 0 Å². The number of methoxy groups -OCH3 is 1. The lowest BCUT2D eigenvalue weighted by molar-refractivity contribution is -0.151. The highest BCUT2D eigenvalue weighted by molar-refractivity contribution is 5.88. The molecule has 1 heterocycles. The van der Waals surface area contributed by atoms with E-state index in [1.54, 1.807) is 4.90 Å². The Balaban J connectivity index is 2.71. The van der Waals surface area contributed by atoms with Gasteiger partial charge in [0.15, 0.2) is 0 Å². The molecule has 2 N–H and O–H groups in total. The molecule has 1 amide bonds. The van der Waals surface area contributed by atoms with Crippen LogP contribution in [-0.4, -0.2) is 42.5 Å². The fraction of sp³-hybridized carbons (Fsp3) is 0.818. The van der Waals surface area contributed by atoms with Gasteiger partial charge < -0.3 is 15.4 Å². The van der Waals surface area contributed by atoms with Crippen LogP contribution in [0.2, 0.25) is 0 Å². The van der Waals surface area contributed by atoms with E-state index in [4.69, 9.17) is 5.73 Å². The summed E-state index contributed by atoms with van der Waals surface area (Å²) in [6, 6.07) is -0.979. The van der Waals surface area contributed by atoms with Gasteiger partial charge in [0.05, 0.1) is 13.2 Å². The molecular weight excluding hydrogens is 208 g/mol. The molecule has 0 aromatic rings. The summed E-state index contributed by atoms with van der Waals surface area (Å²) in [5.74, 6) is -0.420. The Morgan fingerprint density at radius 1 is 1.44 bits per heavy atom. The molecule has 0 aromatic carbocycles. The minimum Gasteiger partial charge on any atom is -0.467 e. The minimum atomic E-state index is -0.537. The normalized spacial score (nSPS) is 22.3. The van der Waals surface area contributed by atoms with E-state index in [0.29, 0.717) is 13.0 Å². The van der Waals surface area contributed by atoms with E-state index in [1.165, 1.54) is 7.11 Å². The summed E-state index contributed by atoms with van der Waals surface area (Å²) in [5, 5.41) is 0. The largest absolute Gasteiger partial charge is 0.467 e. The van der Waals surface area contributed by atoms with Crippen LogP contribution in [0.3, 0.4) is 0 Å². The Morgan fingerprint density at radius 2 is 2.06 bits per heavy atom. The number of carbonyl (C=O) groups excluding carboxylic acids is 2. The van der Waals surface area contributed by atoms with Crippen molar-refractivity contribution < 1.29 is 14.3 Å². The second-order valence-corrected chi connectivity index (χ2v) is 4.48. The highest BCUT2D eigenvalue weighted by Crippen LogP contribution is 2.20. The molecule has 0 spiro atoms. The van der Waals surface area contributed by atoms with Crippen LogP contribution in [0.1, 0.15) is 26.7 Å². The van der Waals surface area contributed by atoms with E-state index in [-0.39, 0.29) is 17.8 Å². The average molecular weight is 228 g/mol. The van der Waals surface area contributed by atoms with Crippen molar-refractivity contribution in [3.63, 3.8) is 0 Å². The van der Waals surface area contributed by atoms with Crippen LogP contribution in [-0.2, 0) is 14.3 Å². The van der Waals surface area contributed by atoms with Gasteiger partial charge in [-0.2, -0.15) is 0 Å². The first-order valence-corrected chi connectivity index (χ1v) is 5.63. The van der Waals surface area contributed by atoms with Gasteiger partial charge in [0.25, 0.3) is 0 Å². The maximum Gasteiger partial charge on any atom is 0.328 e. The minimum absolute atomic E-state index is 0.0754. The number of hydrogen-bond acceptors (Lipinski definition) is 4. The summed E-state index contributed by atoms with van der Waals surface area (Å²) < 4.78 is 4.68. The van der Waals surface area contributed by atoms with Gasteiger partial charge in [0.2, 0.25) is 5.91 Å². The molecule has 1 rings (SSSR count). The fourth-order valence-corrected chi connectivity index (χ4v) is 1.89. The van der Waals surface area contributed by atoms with Crippen molar-refractivity contribution in [2.45, 2.75) is 38.8 Å². The van der Waals surface area contributed by atoms with Gasteiger partial charge in [-0.3, -0.25) is 4.79 Å². The second kappa shape index (κ2) is 5.30. The summed E-state index contributed by atoms with van der Waals surface area (Å²) in [5.41, 5.74) is 5.80. The summed E-state index contributed by atoms with van der Waals surface area (Å²) in [6.07, 6.45) is 1.50. The van der Waals surface area contributed by atoms with Gasteiger partial charge in [0.1, 0.15) is 6.04 Å². The molecule has 0 saturated carbocycles. The quantitative estimate of drug-likeness (QED) is 0.697. The smallest absolute Gasteiger partial charge is 0.328 e. The van der Waals surface area contributed by atoms with Crippen molar-refractivity contribution in [1.82, 2.24) is 4.90 Å². The van der Waals surface area contributed by atoms with Crippen LogP contribution in [0.4, 0.5) is 0 Å². The van der Waals surface area contributed by atoms with E-state index in [9.17, 15) is 9.59 Å². The number of rotatable bonds is 3. The maximum atomic E-state index is 12.0. The number of likely N-dealkylation sites (tertiary alicyclic amines) is 1. The molecule has 5 heteroatoms. The number of amides is 1. The summed E-state index contributed by atoms with van der Waals surface area (Å²) in [7, 11) is 1.34. The van der Waals surface area contributed by atoms with Crippen LogP contribution < -0.4 is 5.73 Å². The molecule has 5 nitrogen and oxygen atoms in total. The zero-order chi connectivity index (χ0) is 12.3. The molecule has 1 fully saturated rings. The lowest BCUT2D eigenvalue weighted by Gasteiger charge is -2.27. The number of esters is 1. The zero-order valence-corrected chi connectivity index (χ0v) is 10.1. The van der Waals surface area contributed by atoms with Crippen molar-refractivity contribution in [2.75, 3.05) is 13.7 Å². The maximum absolute atomic E-state index is 12.0. The van der Waals surface area contributed by atoms with E-state index in [1.807, 2.05) is 13.8 Å². The molecule has 0 bridgehead atoms. The molecular formula is C11H20N2O3. The van der Waals surface area contributed by atoms with Gasteiger partial charge >= 0.3 is 5.97 Å². The van der Waals surface area contributed by atoms with E-state index in [2.05, 4.69) is 4.74 Å². The van der Waals surface area contributed by atoms with Gasteiger partial charge in [-0.25, -0.2) is 4.79 Å². The van der Waals surface area contributed by atoms with Crippen LogP contribution >= 0.6 is 0 Å². The van der Waals surface area contributed by atoms with Gasteiger partial charge in [-0.05, 0) is 18.8 Å². The Morgan fingerprint density at radius 3 is 2.56 bits per heavy atom. The SMILES string of the molecule is COC(=O)[C@H]1CCCN1C(=O)[C@H](N)C(C)C. The van der Waals surface area contributed by atoms with Crippen LogP contribution in [0.25, 0.3) is 0 Å². The third-order valence-corrected chi connectivity index (χ3v) is 3.01. The first kappa shape index (κ1) is 13.0. The highest BCUT2D eigenvalue weighted by Gasteiger charge is 2.37. The summed E-state index contributed by atoms with van der Waals surface area (Å²) in [6.45, 7) is 4.39. The van der Waals surface area contributed by atoms with Gasteiger partial charge in [-0.1, -0.05) is 13.8 Å². The predicted molar refractivity (Wildman–Crippen MR) is 59.6 cm³/mol. The fourth-order valence-electron chi connectivity index (χ4n) is 1.89. The molecule has 0 aromatic heterocycles. The molecule has 2 atom stereocenters. The Hall–Kier alpha value is -1.10. The zero-order valence-electron chi connectivity index (χ0n) is 10.1. The number of ether oxygens (including phenoxy) is 1. The van der Waals surface area contributed by atoms with Crippen LogP contribution in [0.5, 0.6) is 0 Å². The third-order valence-electron chi connectivity index (χ3n) is 3.01. The van der Waals surface area contributed by atoms with Crippen molar-refractivity contribution in [1.29, 1.82) is 0 Å². The number of hydrogen-bond donors (Lipinski definition) is 1. The van der Waals surface area contributed by atoms with Gasteiger partial charge in [0, 0.05) is 6.54 Å². The predicted octanol–water partition coefficient (Wildman–Crippen LogP) is 0.134. The number of carbonyl (C=O) groups is 2. The topological polar surface area (TPSA) is 72.6 Å². The van der Waals surface area contributed by atoms with Crippen molar-refractivity contribution in [3.8, 4) is 0 Å². The van der Waals surface area contributed by atoms with E-state index in [0.717, 1.165) is 6.42 Å². The Kier molecular flexibility index (Phi) is 4.29. The lowest BCUT2D eigenvalue weighted by Crippen LogP contribution is -2.50. The van der Waals surface area contributed by atoms with E-state index < -0.39 is 12.1 Å². The summed E-state index contributed by atoms with van der Waals surface area (Å²) in [4.78, 5) is 25.0. The van der Waals surface area contributed by atoms with Crippen LogP contribution in [0, 0.1) is 5.92 Å². The molecule has 1 saturated heterocycles. The molecule has 92 valence electrons. The molecule has 1 aliphatic heterocycles. The number of nitrogens with zero attached hydrogens (tertiary/aromatic N) is 1. The molecule has 1 aliphatic rings. The highest BCUT2D eigenvalue weighted by atomic mass is 16.5. The first-order valence-electron chi connectivity index (χ1n) is 5.63. The van der Waals surface area contributed by atoms with Crippen molar-refractivity contribution in [2.24, 2.45) is 11.7 Å². The average Bonchev–Trinajstić information content (AvgIpc) is 2.74. The van der Waals surface area contributed by atoms with Crippen molar-refractivity contribution >= 4 is 11.9 Å². The second-order valence-electron chi connectivity index (χ2n) is 4.48.